The number of nitrogens with zero attached hydrogens (tertiary/aromatic N) is 5. The van der Waals surface area contributed by atoms with E-state index in [9.17, 15) is 4.79 Å². The lowest BCUT2D eigenvalue weighted by molar-refractivity contribution is 0.102. The van der Waals surface area contributed by atoms with E-state index in [2.05, 4.69) is 30.2 Å². The lowest BCUT2D eigenvalue weighted by atomic mass is 10.0. The average molecular weight is 465 g/mol. The maximum Gasteiger partial charge on any atom is 0.259 e. The van der Waals surface area contributed by atoms with Gasteiger partial charge in [0.1, 0.15) is 5.82 Å². The lowest BCUT2D eigenvalue weighted by Crippen LogP contribution is -2.13. The first-order valence-electron chi connectivity index (χ1n) is 11.8. The maximum atomic E-state index is 13.5. The SMILES string of the molecule is Cc1noc2nc(-c3ccccc3)cc(C(=O)Nc3cccc(-c4nnc5n4CCCCC5)c3)c12. The second-order valence-electron chi connectivity index (χ2n) is 8.81. The van der Waals surface area contributed by atoms with Crippen LogP contribution < -0.4 is 5.32 Å². The first-order valence-corrected chi connectivity index (χ1v) is 11.8. The van der Waals surface area contributed by atoms with E-state index in [0.717, 1.165) is 48.6 Å². The monoisotopic (exact) mass is 464 g/mol. The highest BCUT2D eigenvalue weighted by atomic mass is 16.5. The number of hydrogen-bond acceptors (Lipinski definition) is 6. The topological polar surface area (TPSA) is 98.7 Å². The molecule has 2 aromatic carbocycles. The molecule has 1 amide bonds. The molecule has 0 saturated heterocycles. The molecule has 0 unspecified atom stereocenters. The molecule has 1 aliphatic heterocycles. The fourth-order valence-electron chi connectivity index (χ4n) is 4.66. The smallest absolute Gasteiger partial charge is 0.259 e. The molecular weight excluding hydrogens is 440 g/mol. The summed E-state index contributed by atoms with van der Waals surface area (Å²) in [5.41, 5.74) is 4.58. The summed E-state index contributed by atoms with van der Waals surface area (Å²) < 4.78 is 7.63. The van der Waals surface area contributed by atoms with Crippen molar-refractivity contribution in [2.45, 2.75) is 39.2 Å². The minimum atomic E-state index is -0.252. The Bertz CT molecular complexity index is 1540. The highest BCUT2D eigenvalue weighted by molar-refractivity contribution is 6.13. The first-order chi connectivity index (χ1) is 17.2. The van der Waals surface area contributed by atoms with Gasteiger partial charge in [0.05, 0.1) is 22.3 Å². The Morgan fingerprint density at radius 2 is 1.83 bits per heavy atom. The Morgan fingerprint density at radius 1 is 0.971 bits per heavy atom. The molecule has 0 fully saturated rings. The Morgan fingerprint density at radius 3 is 2.71 bits per heavy atom. The van der Waals surface area contributed by atoms with Crippen molar-refractivity contribution in [1.29, 1.82) is 0 Å². The van der Waals surface area contributed by atoms with Crippen LogP contribution in [-0.4, -0.2) is 30.8 Å². The predicted octanol–water partition coefficient (Wildman–Crippen LogP) is 5.44. The highest BCUT2D eigenvalue weighted by Gasteiger charge is 2.20. The molecule has 0 aliphatic carbocycles. The number of carbonyl (C=O) groups is 1. The van der Waals surface area contributed by atoms with Gasteiger partial charge in [-0.15, -0.1) is 10.2 Å². The number of hydrogen-bond donors (Lipinski definition) is 1. The van der Waals surface area contributed by atoms with Crippen molar-refractivity contribution in [2.75, 3.05) is 5.32 Å². The lowest BCUT2D eigenvalue weighted by Gasteiger charge is -2.11. The molecule has 5 aromatic rings. The normalized spacial score (nSPS) is 13.4. The number of nitrogens with one attached hydrogen (secondary N) is 1. The van der Waals surface area contributed by atoms with Crippen molar-refractivity contribution in [3.8, 4) is 22.6 Å². The zero-order valence-corrected chi connectivity index (χ0v) is 19.4. The van der Waals surface area contributed by atoms with Crippen LogP contribution in [0.1, 0.15) is 41.1 Å². The first kappa shape index (κ1) is 21.2. The number of fused-ring (bicyclic) bond motifs is 2. The van der Waals surface area contributed by atoms with Crippen LogP contribution in [0.2, 0.25) is 0 Å². The van der Waals surface area contributed by atoms with Gasteiger partial charge in [-0.05, 0) is 38.0 Å². The average Bonchev–Trinajstić information content (AvgIpc) is 3.39. The van der Waals surface area contributed by atoms with Gasteiger partial charge in [0.2, 0.25) is 0 Å². The van der Waals surface area contributed by atoms with Gasteiger partial charge in [-0.1, -0.05) is 54.0 Å². The maximum absolute atomic E-state index is 13.5. The quantitative estimate of drug-likeness (QED) is 0.380. The summed E-state index contributed by atoms with van der Waals surface area (Å²) in [4.78, 5) is 18.1. The molecule has 174 valence electrons. The van der Waals surface area contributed by atoms with Crippen LogP contribution in [0.3, 0.4) is 0 Å². The zero-order chi connectivity index (χ0) is 23.8. The third kappa shape index (κ3) is 3.97. The number of pyridine rings is 1. The van der Waals surface area contributed by atoms with Gasteiger partial charge < -0.3 is 14.4 Å². The van der Waals surface area contributed by atoms with Crippen LogP contribution in [0.25, 0.3) is 33.7 Å². The second-order valence-corrected chi connectivity index (χ2v) is 8.81. The van der Waals surface area contributed by atoms with E-state index in [1.807, 2.05) is 61.5 Å². The summed E-state index contributed by atoms with van der Waals surface area (Å²) in [6.45, 7) is 2.72. The van der Waals surface area contributed by atoms with E-state index >= 15 is 0 Å². The van der Waals surface area contributed by atoms with Gasteiger partial charge in [0, 0.05) is 29.8 Å². The van der Waals surface area contributed by atoms with Crippen LogP contribution in [0.15, 0.2) is 65.2 Å². The molecule has 8 heteroatoms. The second kappa shape index (κ2) is 8.79. The number of rotatable bonds is 4. The standard InChI is InChI=1S/C27H24N6O2/c1-17-24-21(16-22(29-27(24)35-32-17)18-9-4-2-5-10-18)26(34)28-20-12-8-11-19(15-20)25-31-30-23-13-6-3-7-14-33(23)25/h2,4-5,8-12,15-16H,3,6-7,13-14H2,1H3,(H,28,34). The number of aryl methyl sites for hydroxylation is 2. The summed E-state index contributed by atoms with van der Waals surface area (Å²) in [6, 6.07) is 19.2. The van der Waals surface area contributed by atoms with Crippen molar-refractivity contribution >= 4 is 22.7 Å². The third-order valence-electron chi connectivity index (χ3n) is 6.42. The van der Waals surface area contributed by atoms with Crippen molar-refractivity contribution in [2.24, 2.45) is 0 Å². The summed E-state index contributed by atoms with van der Waals surface area (Å²) in [7, 11) is 0. The number of benzene rings is 2. The fourth-order valence-corrected chi connectivity index (χ4v) is 4.66. The van der Waals surface area contributed by atoms with Gasteiger partial charge >= 0.3 is 0 Å². The van der Waals surface area contributed by atoms with Crippen LogP contribution in [0, 0.1) is 6.92 Å². The molecule has 0 bridgehead atoms. The Labute approximate surface area is 202 Å². The summed E-state index contributed by atoms with van der Waals surface area (Å²) in [6.07, 6.45) is 4.41. The number of carbonyl (C=O) groups excluding carboxylic acids is 1. The van der Waals surface area contributed by atoms with Gasteiger partial charge in [0.25, 0.3) is 11.6 Å². The molecule has 0 atom stereocenters. The van der Waals surface area contributed by atoms with E-state index in [0.29, 0.717) is 33.7 Å². The Hall–Kier alpha value is -4.33. The van der Waals surface area contributed by atoms with Crippen LogP contribution in [0.5, 0.6) is 0 Å². The predicted molar refractivity (Wildman–Crippen MR) is 133 cm³/mol. The molecule has 1 aliphatic rings. The van der Waals surface area contributed by atoms with E-state index in [4.69, 9.17) is 4.52 Å². The van der Waals surface area contributed by atoms with Crippen molar-refractivity contribution in [1.82, 2.24) is 24.9 Å². The van der Waals surface area contributed by atoms with E-state index in [1.54, 1.807) is 6.07 Å². The number of amides is 1. The molecule has 35 heavy (non-hydrogen) atoms. The van der Waals surface area contributed by atoms with Gasteiger partial charge in [-0.25, -0.2) is 4.98 Å². The largest absolute Gasteiger partial charge is 0.335 e. The molecule has 4 heterocycles. The summed E-state index contributed by atoms with van der Waals surface area (Å²) >= 11 is 0. The van der Waals surface area contributed by atoms with Crippen molar-refractivity contribution < 1.29 is 9.32 Å². The van der Waals surface area contributed by atoms with Crippen molar-refractivity contribution in [3.63, 3.8) is 0 Å². The van der Waals surface area contributed by atoms with Crippen LogP contribution in [0.4, 0.5) is 5.69 Å². The molecule has 0 spiro atoms. The summed E-state index contributed by atoms with van der Waals surface area (Å²) in [5.74, 6) is 1.62. The van der Waals surface area contributed by atoms with E-state index < -0.39 is 0 Å². The van der Waals surface area contributed by atoms with Gasteiger partial charge in [0.15, 0.2) is 5.82 Å². The highest BCUT2D eigenvalue weighted by Crippen LogP contribution is 2.29. The van der Waals surface area contributed by atoms with Crippen molar-refractivity contribution in [3.05, 3.63) is 77.7 Å². The summed E-state index contributed by atoms with van der Waals surface area (Å²) in [5, 5.41) is 16.6. The van der Waals surface area contributed by atoms with E-state index in [-0.39, 0.29) is 5.91 Å². The zero-order valence-electron chi connectivity index (χ0n) is 19.4. The van der Waals surface area contributed by atoms with Gasteiger partial charge in [-0.2, -0.15) is 0 Å². The molecule has 0 saturated carbocycles. The number of aromatic nitrogens is 5. The molecule has 1 N–H and O–H groups in total. The fraction of sp³-hybridized carbons (Fsp3) is 0.222. The minimum Gasteiger partial charge on any atom is -0.335 e. The molecular formula is C27H24N6O2. The molecule has 3 aromatic heterocycles. The van der Waals surface area contributed by atoms with E-state index in [1.165, 1.54) is 6.42 Å². The molecule has 0 radical (unpaired) electrons. The number of anilines is 1. The molecule has 6 rings (SSSR count). The van der Waals surface area contributed by atoms with Gasteiger partial charge in [-0.3, -0.25) is 4.79 Å². The third-order valence-corrected chi connectivity index (χ3v) is 6.42. The van der Waals surface area contributed by atoms with Crippen LogP contribution in [-0.2, 0) is 13.0 Å². The Kier molecular flexibility index (Phi) is 5.33. The minimum absolute atomic E-state index is 0.252. The molecule has 8 nitrogen and oxygen atoms in total. The Balaban J connectivity index is 1.35. The van der Waals surface area contributed by atoms with Crippen LogP contribution >= 0.6 is 0 Å².